The summed E-state index contributed by atoms with van der Waals surface area (Å²) < 4.78 is 1.11. The van der Waals surface area contributed by atoms with Gasteiger partial charge in [0.1, 0.15) is 0 Å². The molecular formula is C15H15BrClN. The van der Waals surface area contributed by atoms with Crippen molar-refractivity contribution in [1.29, 1.82) is 0 Å². The average molecular weight is 325 g/mol. The van der Waals surface area contributed by atoms with E-state index in [9.17, 15) is 0 Å². The summed E-state index contributed by atoms with van der Waals surface area (Å²) >= 11 is 9.19. The van der Waals surface area contributed by atoms with Crippen LogP contribution >= 0.6 is 27.5 Å². The van der Waals surface area contributed by atoms with Gasteiger partial charge in [0.05, 0.1) is 0 Å². The first-order chi connectivity index (χ1) is 8.78. The van der Waals surface area contributed by atoms with Crippen LogP contribution in [-0.2, 0) is 13.0 Å². The molecule has 18 heavy (non-hydrogen) atoms. The lowest BCUT2D eigenvalue weighted by Crippen LogP contribution is -1.99. The van der Waals surface area contributed by atoms with Gasteiger partial charge in [-0.15, -0.1) is 11.6 Å². The van der Waals surface area contributed by atoms with Crippen molar-refractivity contribution in [2.45, 2.75) is 13.0 Å². The second-order valence-electron chi connectivity index (χ2n) is 4.12. The van der Waals surface area contributed by atoms with E-state index in [-0.39, 0.29) is 0 Å². The van der Waals surface area contributed by atoms with Gasteiger partial charge in [0, 0.05) is 22.6 Å². The molecule has 0 fully saturated rings. The van der Waals surface area contributed by atoms with Crippen molar-refractivity contribution < 1.29 is 0 Å². The number of hydrogen-bond donors (Lipinski definition) is 1. The summed E-state index contributed by atoms with van der Waals surface area (Å²) in [5.41, 5.74) is 3.67. The molecule has 0 aliphatic heterocycles. The lowest BCUT2D eigenvalue weighted by molar-refractivity contribution is 1.13. The zero-order valence-corrected chi connectivity index (χ0v) is 12.3. The number of benzene rings is 2. The van der Waals surface area contributed by atoms with Gasteiger partial charge < -0.3 is 5.32 Å². The van der Waals surface area contributed by atoms with E-state index in [4.69, 9.17) is 11.6 Å². The molecule has 0 aliphatic rings. The van der Waals surface area contributed by atoms with Gasteiger partial charge in [0.25, 0.3) is 0 Å². The normalized spacial score (nSPS) is 10.3. The van der Waals surface area contributed by atoms with Crippen molar-refractivity contribution >= 4 is 33.2 Å². The van der Waals surface area contributed by atoms with Crippen molar-refractivity contribution in [1.82, 2.24) is 0 Å². The van der Waals surface area contributed by atoms with Crippen LogP contribution in [-0.4, -0.2) is 5.88 Å². The maximum Gasteiger partial charge on any atom is 0.0401 e. The third-order valence-electron chi connectivity index (χ3n) is 2.72. The molecule has 3 heteroatoms. The molecule has 2 rings (SSSR count). The number of nitrogens with one attached hydrogen (secondary N) is 1. The fraction of sp³-hybridized carbons (Fsp3) is 0.200. The number of rotatable bonds is 5. The van der Waals surface area contributed by atoms with Crippen LogP contribution in [0.25, 0.3) is 0 Å². The standard InChI is InChI=1S/C15H15BrClN/c16-14-3-1-2-13(10-14)11-18-15-6-4-12(5-7-15)8-9-17/h1-7,10,18H,8-9,11H2. The van der Waals surface area contributed by atoms with E-state index in [1.54, 1.807) is 0 Å². The Labute approximate surface area is 121 Å². The molecule has 0 saturated heterocycles. The van der Waals surface area contributed by atoms with E-state index in [1.165, 1.54) is 11.1 Å². The molecule has 0 unspecified atom stereocenters. The second kappa shape index (κ2) is 6.81. The molecule has 1 nitrogen and oxygen atoms in total. The zero-order chi connectivity index (χ0) is 12.8. The number of aryl methyl sites for hydroxylation is 1. The predicted molar refractivity (Wildman–Crippen MR) is 82.3 cm³/mol. The van der Waals surface area contributed by atoms with E-state index in [0.29, 0.717) is 5.88 Å². The van der Waals surface area contributed by atoms with E-state index in [1.807, 2.05) is 12.1 Å². The molecule has 0 heterocycles. The van der Waals surface area contributed by atoms with Crippen LogP contribution in [0.3, 0.4) is 0 Å². The van der Waals surface area contributed by atoms with Crippen LogP contribution in [0.2, 0.25) is 0 Å². The van der Waals surface area contributed by atoms with Crippen molar-refractivity contribution in [3.8, 4) is 0 Å². The molecule has 0 atom stereocenters. The van der Waals surface area contributed by atoms with Gasteiger partial charge in [-0.2, -0.15) is 0 Å². The first kappa shape index (κ1) is 13.4. The Balaban J connectivity index is 1.93. The fourth-order valence-electron chi connectivity index (χ4n) is 1.75. The van der Waals surface area contributed by atoms with Crippen LogP contribution in [0.1, 0.15) is 11.1 Å². The second-order valence-corrected chi connectivity index (χ2v) is 5.41. The summed E-state index contributed by atoms with van der Waals surface area (Å²) in [6.45, 7) is 0.828. The Morgan fingerprint density at radius 1 is 1.00 bits per heavy atom. The van der Waals surface area contributed by atoms with Crippen LogP contribution in [0.4, 0.5) is 5.69 Å². The number of anilines is 1. The molecule has 94 valence electrons. The summed E-state index contributed by atoms with van der Waals surface area (Å²) in [6, 6.07) is 16.7. The minimum atomic E-state index is 0.671. The maximum atomic E-state index is 5.71. The topological polar surface area (TPSA) is 12.0 Å². The highest BCUT2D eigenvalue weighted by atomic mass is 79.9. The molecule has 0 aliphatic carbocycles. The Morgan fingerprint density at radius 3 is 2.44 bits per heavy atom. The highest BCUT2D eigenvalue weighted by Crippen LogP contribution is 2.15. The summed E-state index contributed by atoms with van der Waals surface area (Å²) in [4.78, 5) is 0. The number of halogens is 2. The van der Waals surface area contributed by atoms with Gasteiger partial charge in [-0.25, -0.2) is 0 Å². The lowest BCUT2D eigenvalue weighted by atomic mass is 10.1. The molecule has 0 radical (unpaired) electrons. The van der Waals surface area contributed by atoms with Crippen molar-refractivity contribution in [3.63, 3.8) is 0 Å². The number of alkyl halides is 1. The monoisotopic (exact) mass is 323 g/mol. The molecule has 0 saturated carbocycles. The lowest BCUT2D eigenvalue weighted by Gasteiger charge is -2.07. The molecule has 0 spiro atoms. The van der Waals surface area contributed by atoms with E-state index in [2.05, 4.69) is 57.6 Å². The molecule has 2 aromatic rings. The highest BCUT2D eigenvalue weighted by Gasteiger charge is 1.96. The summed E-state index contributed by atoms with van der Waals surface area (Å²) in [5, 5.41) is 3.40. The van der Waals surface area contributed by atoms with Crippen LogP contribution < -0.4 is 5.32 Å². The van der Waals surface area contributed by atoms with Crippen molar-refractivity contribution in [3.05, 3.63) is 64.1 Å². The SMILES string of the molecule is ClCCc1ccc(NCc2cccc(Br)c2)cc1. The quantitative estimate of drug-likeness (QED) is 0.776. The third kappa shape index (κ3) is 4.04. The molecule has 2 aromatic carbocycles. The first-order valence-corrected chi connectivity index (χ1v) is 7.24. The van der Waals surface area contributed by atoms with Gasteiger partial charge in [0.15, 0.2) is 0 Å². The van der Waals surface area contributed by atoms with Crippen LogP contribution in [0.15, 0.2) is 53.0 Å². The largest absolute Gasteiger partial charge is 0.381 e. The predicted octanol–water partition coefficient (Wildman–Crippen LogP) is 4.84. The molecule has 0 amide bonds. The molecule has 1 N–H and O–H groups in total. The summed E-state index contributed by atoms with van der Waals surface area (Å²) in [7, 11) is 0. The van der Waals surface area contributed by atoms with E-state index in [0.717, 1.165) is 23.1 Å². The zero-order valence-electron chi connectivity index (χ0n) is 10.00. The number of hydrogen-bond acceptors (Lipinski definition) is 1. The molecule has 0 bridgehead atoms. The smallest absolute Gasteiger partial charge is 0.0401 e. The van der Waals surface area contributed by atoms with Gasteiger partial charge in [-0.1, -0.05) is 40.2 Å². The Bertz CT molecular complexity index is 496. The Morgan fingerprint density at radius 2 is 1.78 bits per heavy atom. The highest BCUT2D eigenvalue weighted by molar-refractivity contribution is 9.10. The van der Waals surface area contributed by atoms with Gasteiger partial charge in [-0.05, 0) is 41.8 Å². The summed E-state index contributed by atoms with van der Waals surface area (Å²) in [6.07, 6.45) is 0.924. The first-order valence-electron chi connectivity index (χ1n) is 5.91. The van der Waals surface area contributed by atoms with Crippen LogP contribution in [0, 0.1) is 0 Å². The minimum absolute atomic E-state index is 0.671. The maximum absolute atomic E-state index is 5.71. The Kier molecular flexibility index (Phi) is 5.09. The average Bonchev–Trinajstić information content (AvgIpc) is 2.38. The Hall–Kier alpha value is -0.990. The molecule has 0 aromatic heterocycles. The van der Waals surface area contributed by atoms with Gasteiger partial charge in [-0.3, -0.25) is 0 Å². The van der Waals surface area contributed by atoms with E-state index >= 15 is 0 Å². The fourth-order valence-corrected chi connectivity index (χ4v) is 2.41. The minimum Gasteiger partial charge on any atom is -0.381 e. The van der Waals surface area contributed by atoms with Crippen LogP contribution in [0.5, 0.6) is 0 Å². The van der Waals surface area contributed by atoms with Crippen molar-refractivity contribution in [2.75, 3.05) is 11.2 Å². The van der Waals surface area contributed by atoms with Crippen molar-refractivity contribution in [2.24, 2.45) is 0 Å². The third-order valence-corrected chi connectivity index (χ3v) is 3.41. The van der Waals surface area contributed by atoms with Gasteiger partial charge >= 0.3 is 0 Å². The molecular weight excluding hydrogens is 310 g/mol. The summed E-state index contributed by atoms with van der Waals surface area (Å²) in [5.74, 6) is 0.671. The van der Waals surface area contributed by atoms with Gasteiger partial charge in [0.2, 0.25) is 0 Å². The van der Waals surface area contributed by atoms with E-state index < -0.39 is 0 Å².